The molecule has 0 fully saturated rings. The number of nitrogens with one attached hydrogen (secondary N) is 1. The first kappa shape index (κ1) is 18.9. The van der Waals surface area contributed by atoms with Crippen LogP contribution in [0.2, 0.25) is 5.02 Å². The normalized spacial score (nSPS) is 10.4. The summed E-state index contributed by atoms with van der Waals surface area (Å²) in [5.41, 5.74) is 1.99. The second-order valence-corrected chi connectivity index (χ2v) is 6.23. The van der Waals surface area contributed by atoms with Crippen molar-refractivity contribution in [2.24, 2.45) is 0 Å². The van der Waals surface area contributed by atoms with Crippen LogP contribution in [0.25, 0.3) is 0 Å². The van der Waals surface area contributed by atoms with Gasteiger partial charge in [-0.3, -0.25) is 9.59 Å². The molecule has 0 saturated carbocycles. The zero-order valence-corrected chi connectivity index (χ0v) is 14.9. The van der Waals surface area contributed by atoms with E-state index < -0.39 is 0 Å². The first-order valence-corrected chi connectivity index (χ1v) is 8.29. The molecule has 2 amide bonds. The van der Waals surface area contributed by atoms with Crippen molar-refractivity contribution in [1.29, 1.82) is 0 Å². The molecule has 2 aromatic rings. The molecule has 6 heteroatoms. The molecule has 0 bridgehead atoms. The maximum atomic E-state index is 13.7. The zero-order valence-electron chi connectivity index (χ0n) is 14.2. The summed E-state index contributed by atoms with van der Waals surface area (Å²) in [5.74, 6) is -0.881. The Morgan fingerprint density at radius 3 is 2.60 bits per heavy atom. The Kier molecular flexibility index (Phi) is 6.53. The number of halogens is 2. The number of carbonyl (C=O) groups excluding carboxylic acids is 2. The summed E-state index contributed by atoms with van der Waals surface area (Å²) < 4.78 is 13.7. The predicted molar refractivity (Wildman–Crippen MR) is 97.2 cm³/mol. The quantitative estimate of drug-likeness (QED) is 0.849. The van der Waals surface area contributed by atoms with Crippen molar-refractivity contribution in [2.45, 2.75) is 20.3 Å². The molecular weight excluding hydrogens is 343 g/mol. The Morgan fingerprint density at radius 1 is 1.20 bits per heavy atom. The molecule has 2 rings (SSSR count). The van der Waals surface area contributed by atoms with E-state index in [0.717, 1.165) is 5.56 Å². The monoisotopic (exact) mass is 362 g/mol. The summed E-state index contributed by atoms with van der Waals surface area (Å²) >= 11 is 5.94. The van der Waals surface area contributed by atoms with Gasteiger partial charge in [0.25, 0.3) is 0 Å². The second-order valence-electron chi connectivity index (χ2n) is 5.79. The van der Waals surface area contributed by atoms with Gasteiger partial charge in [0.15, 0.2) is 0 Å². The summed E-state index contributed by atoms with van der Waals surface area (Å²) in [6, 6.07) is 11.6. The number of anilines is 1. The molecule has 25 heavy (non-hydrogen) atoms. The van der Waals surface area contributed by atoms with E-state index in [1.165, 1.54) is 17.9 Å². The maximum Gasteiger partial charge on any atom is 0.244 e. The van der Waals surface area contributed by atoms with E-state index in [0.29, 0.717) is 22.7 Å². The van der Waals surface area contributed by atoms with Crippen molar-refractivity contribution in [2.75, 3.05) is 18.4 Å². The number of amides is 2. The van der Waals surface area contributed by atoms with Gasteiger partial charge in [0, 0.05) is 24.2 Å². The van der Waals surface area contributed by atoms with E-state index in [1.54, 1.807) is 36.4 Å². The Balaban J connectivity index is 1.98. The van der Waals surface area contributed by atoms with Crippen LogP contribution in [0.5, 0.6) is 0 Å². The van der Waals surface area contributed by atoms with Crippen molar-refractivity contribution in [3.8, 4) is 0 Å². The van der Waals surface area contributed by atoms with Gasteiger partial charge in [-0.15, -0.1) is 0 Å². The molecule has 0 saturated heterocycles. The Morgan fingerprint density at radius 2 is 1.92 bits per heavy atom. The van der Waals surface area contributed by atoms with Crippen LogP contribution < -0.4 is 5.32 Å². The number of rotatable bonds is 6. The van der Waals surface area contributed by atoms with Gasteiger partial charge in [-0.25, -0.2) is 4.39 Å². The van der Waals surface area contributed by atoms with Gasteiger partial charge in [0.1, 0.15) is 5.82 Å². The average Bonchev–Trinajstić information content (AvgIpc) is 2.56. The minimum absolute atomic E-state index is 0.101. The SMILES string of the molecule is CC(=O)N(CCc1ccccc1F)CC(=O)Nc1cc(Cl)ccc1C. The third kappa shape index (κ3) is 5.57. The molecule has 2 aromatic carbocycles. The van der Waals surface area contributed by atoms with Crippen molar-refractivity contribution in [3.63, 3.8) is 0 Å². The highest BCUT2D eigenvalue weighted by Gasteiger charge is 2.15. The number of nitrogens with zero attached hydrogens (tertiary/aromatic N) is 1. The number of benzene rings is 2. The molecular formula is C19H20ClFN2O2. The summed E-state index contributed by atoms with van der Waals surface area (Å²) in [5, 5.41) is 3.27. The maximum absolute atomic E-state index is 13.7. The molecule has 1 N–H and O–H groups in total. The minimum Gasteiger partial charge on any atom is -0.333 e. The lowest BCUT2D eigenvalue weighted by Gasteiger charge is -2.21. The third-order valence-corrected chi connectivity index (χ3v) is 4.10. The zero-order chi connectivity index (χ0) is 18.4. The third-order valence-electron chi connectivity index (χ3n) is 3.86. The van der Waals surface area contributed by atoms with Gasteiger partial charge in [0.05, 0.1) is 6.54 Å². The summed E-state index contributed by atoms with van der Waals surface area (Å²) in [6.07, 6.45) is 0.343. The predicted octanol–water partition coefficient (Wildman–Crippen LogP) is 3.82. The lowest BCUT2D eigenvalue weighted by Crippen LogP contribution is -2.38. The van der Waals surface area contributed by atoms with E-state index in [1.807, 2.05) is 6.92 Å². The Hall–Kier alpha value is -2.40. The molecule has 0 atom stereocenters. The standard InChI is InChI=1S/C19H20ClFN2O2/c1-13-7-8-16(20)11-18(13)22-19(25)12-23(14(2)24)10-9-15-5-3-4-6-17(15)21/h3-8,11H,9-10,12H2,1-2H3,(H,22,25). The van der Waals surface area contributed by atoms with Crippen molar-refractivity contribution >= 4 is 29.1 Å². The fourth-order valence-corrected chi connectivity index (χ4v) is 2.57. The Bertz CT molecular complexity index is 780. The smallest absolute Gasteiger partial charge is 0.244 e. The molecule has 0 aliphatic carbocycles. The number of hydrogen-bond donors (Lipinski definition) is 1. The molecule has 0 aromatic heterocycles. The van der Waals surface area contributed by atoms with Crippen LogP contribution in [0.4, 0.5) is 10.1 Å². The number of hydrogen-bond acceptors (Lipinski definition) is 2. The largest absolute Gasteiger partial charge is 0.333 e. The molecule has 0 spiro atoms. The lowest BCUT2D eigenvalue weighted by atomic mass is 10.1. The van der Waals surface area contributed by atoms with E-state index in [2.05, 4.69) is 5.32 Å². The highest BCUT2D eigenvalue weighted by molar-refractivity contribution is 6.31. The van der Waals surface area contributed by atoms with Gasteiger partial charge in [-0.1, -0.05) is 35.9 Å². The molecule has 132 valence electrons. The van der Waals surface area contributed by atoms with Gasteiger partial charge in [0.2, 0.25) is 11.8 Å². The fraction of sp³-hybridized carbons (Fsp3) is 0.263. The first-order chi connectivity index (χ1) is 11.9. The van der Waals surface area contributed by atoms with Gasteiger partial charge >= 0.3 is 0 Å². The van der Waals surface area contributed by atoms with Gasteiger partial charge in [-0.2, -0.15) is 0 Å². The fourth-order valence-electron chi connectivity index (χ4n) is 2.40. The summed E-state index contributed by atoms with van der Waals surface area (Å²) in [6.45, 7) is 3.40. The van der Waals surface area contributed by atoms with Crippen LogP contribution >= 0.6 is 11.6 Å². The Labute approximate surface area is 151 Å². The average molecular weight is 363 g/mol. The number of carbonyl (C=O) groups is 2. The minimum atomic E-state index is -0.325. The summed E-state index contributed by atoms with van der Waals surface area (Å²) in [4.78, 5) is 25.4. The van der Waals surface area contributed by atoms with Crippen molar-refractivity contribution in [3.05, 3.63) is 64.4 Å². The topological polar surface area (TPSA) is 49.4 Å². The highest BCUT2D eigenvalue weighted by Crippen LogP contribution is 2.20. The molecule has 0 unspecified atom stereocenters. The van der Waals surface area contributed by atoms with Gasteiger partial charge < -0.3 is 10.2 Å². The van der Waals surface area contributed by atoms with Gasteiger partial charge in [-0.05, 0) is 42.7 Å². The summed E-state index contributed by atoms with van der Waals surface area (Å²) in [7, 11) is 0. The molecule has 0 heterocycles. The van der Waals surface area contributed by atoms with E-state index in [-0.39, 0.29) is 30.7 Å². The van der Waals surface area contributed by atoms with Crippen LogP contribution in [-0.2, 0) is 16.0 Å². The van der Waals surface area contributed by atoms with Crippen LogP contribution in [0.15, 0.2) is 42.5 Å². The molecule has 0 aliphatic heterocycles. The van der Waals surface area contributed by atoms with E-state index >= 15 is 0 Å². The van der Waals surface area contributed by atoms with Crippen molar-refractivity contribution < 1.29 is 14.0 Å². The van der Waals surface area contributed by atoms with Crippen LogP contribution in [0, 0.1) is 12.7 Å². The molecule has 4 nitrogen and oxygen atoms in total. The van der Waals surface area contributed by atoms with Crippen LogP contribution in [0.1, 0.15) is 18.1 Å². The van der Waals surface area contributed by atoms with Crippen LogP contribution in [0.3, 0.4) is 0 Å². The molecule has 0 radical (unpaired) electrons. The van der Waals surface area contributed by atoms with Crippen molar-refractivity contribution in [1.82, 2.24) is 4.90 Å². The second kappa shape index (κ2) is 8.62. The van der Waals surface area contributed by atoms with E-state index in [9.17, 15) is 14.0 Å². The van der Waals surface area contributed by atoms with E-state index in [4.69, 9.17) is 11.6 Å². The first-order valence-electron chi connectivity index (χ1n) is 7.91. The molecule has 0 aliphatic rings. The lowest BCUT2D eigenvalue weighted by molar-refractivity contribution is -0.132. The highest BCUT2D eigenvalue weighted by atomic mass is 35.5. The van der Waals surface area contributed by atoms with Crippen LogP contribution in [-0.4, -0.2) is 29.8 Å². The number of aryl methyl sites for hydroxylation is 1.